The second kappa shape index (κ2) is 7.55. The largest absolute Gasteiger partial charge is 0.353 e. The average Bonchev–Trinajstić information content (AvgIpc) is 3.29. The third kappa shape index (κ3) is 3.51. The van der Waals surface area contributed by atoms with E-state index in [0.717, 1.165) is 61.3 Å². The van der Waals surface area contributed by atoms with E-state index in [0.29, 0.717) is 6.42 Å². The summed E-state index contributed by atoms with van der Waals surface area (Å²) in [6.07, 6.45) is 3.20. The lowest BCUT2D eigenvalue weighted by atomic mass is 9.84. The summed E-state index contributed by atoms with van der Waals surface area (Å²) in [5.41, 5.74) is 2.47. The van der Waals surface area contributed by atoms with E-state index in [1.165, 1.54) is 4.88 Å². The molecule has 0 saturated carbocycles. The number of thiophene rings is 1. The molecule has 7 heteroatoms. The zero-order valence-electron chi connectivity index (χ0n) is 16.4. The summed E-state index contributed by atoms with van der Waals surface area (Å²) in [6, 6.07) is 10.2. The van der Waals surface area contributed by atoms with E-state index in [4.69, 9.17) is 9.97 Å². The van der Waals surface area contributed by atoms with E-state index in [9.17, 15) is 4.79 Å². The third-order valence-corrected chi connectivity index (χ3v) is 6.82. The van der Waals surface area contributed by atoms with Crippen LogP contribution in [0.25, 0.3) is 0 Å². The molecule has 1 aliphatic heterocycles. The highest BCUT2D eigenvalue weighted by Crippen LogP contribution is 2.35. The molecule has 29 heavy (non-hydrogen) atoms. The fraction of sp³-hybridized carbons (Fsp3) is 0.364. The lowest BCUT2D eigenvalue weighted by molar-refractivity contribution is 0.0962. The number of aromatic nitrogens is 3. The number of pyridine rings is 1. The zero-order valence-corrected chi connectivity index (χ0v) is 17.2. The van der Waals surface area contributed by atoms with Crippen LogP contribution in [0.5, 0.6) is 0 Å². The standard InChI is InChI=1S/C22H23N5OS/c1-15-21-17(13-16(14-18(21)28)19-5-4-12-29-19)25-22(24-15)27-10-8-26(9-11-27)20-6-2-3-7-23-20/h2-7,12,16H,8-11,13-14H2,1H3/t16-/m0/s1. The van der Waals surface area contributed by atoms with Crippen LogP contribution < -0.4 is 9.80 Å². The van der Waals surface area contributed by atoms with Gasteiger partial charge < -0.3 is 9.80 Å². The molecule has 0 radical (unpaired) electrons. The summed E-state index contributed by atoms with van der Waals surface area (Å²) in [5, 5.41) is 2.08. The van der Waals surface area contributed by atoms with E-state index in [2.05, 4.69) is 32.3 Å². The number of ketones is 1. The first kappa shape index (κ1) is 18.2. The molecule has 1 saturated heterocycles. The molecule has 0 unspecified atom stereocenters. The summed E-state index contributed by atoms with van der Waals surface area (Å²) in [6.45, 7) is 5.40. The van der Waals surface area contributed by atoms with Crippen molar-refractivity contribution in [1.29, 1.82) is 0 Å². The van der Waals surface area contributed by atoms with Gasteiger partial charge in [0.05, 0.1) is 17.0 Å². The summed E-state index contributed by atoms with van der Waals surface area (Å²) in [4.78, 5) is 32.6. The molecule has 2 aliphatic rings. The number of anilines is 2. The lowest BCUT2D eigenvalue weighted by Crippen LogP contribution is -2.47. The maximum Gasteiger partial charge on any atom is 0.225 e. The number of aryl methyl sites for hydroxylation is 1. The van der Waals surface area contributed by atoms with Crippen molar-refractivity contribution in [2.45, 2.75) is 25.7 Å². The van der Waals surface area contributed by atoms with E-state index in [-0.39, 0.29) is 11.7 Å². The Kier molecular flexibility index (Phi) is 4.75. The smallest absolute Gasteiger partial charge is 0.225 e. The predicted octanol–water partition coefficient (Wildman–Crippen LogP) is 3.48. The summed E-state index contributed by atoms with van der Waals surface area (Å²) in [5.74, 6) is 2.17. The molecule has 1 aliphatic carbocycles. The first-order valence-electron chi connectivity index (χ1n) is 10.0. The Morgan fingerprint density at radius 1 is 1.00 bits per heavy atom. The Morgan fingerprint density at radius 2 is 1.83 bits per heavy atom. The number of hydrogen-bond donors (Lipinski definition) is 0. The lowest BCUT2D eigenvalue weighted by Gasteiger charge is -2.36. The van der Waals surface area contributed by atoms with E-state index in [1.807, 2.05) is 31.3 Å². The number of fused-ring (bicyclic) bond motifs is 1. The molecule has 1 atom stereocenters. The van der Waals surface area contributed by atoms with Gasteiger partial charge in [0, 0.05) is 49.6 Å². The van der Waals surface area contributed by atoms with Gasteiger partial charge in [-0.3, -0.25) is 4.79 Å². The van der Waals surface area contributed by atoms with Gasteiger partial charge in [-0.05, 0) is 36.9 Å². The first-order chi connectivity index (χ1) is 14.2. The predicted molar refractivity (Wildman–Crippen MR) is 115 cm³/mol. The van der Waals surface area contributed by atoms with Gasteiger partial charge in [0.25, 0.3) is 0 Å². The average molecular weight is 406 g/mol. The zero-order chi connectivity index (χ0) is 19.8. The van der Waals surface area contributed by atoms with Gasteiger partial charge in [-0.25, -0.2) is 15.0 Å². The molecule has 1 fully saturated rings. The molecule has 3 aromatic rings. The van der Waals surface area contributed by atoms with Gasteiger partial charge in [0.15, 0.2) is 5.78 Å². The van der Waals surface area contributed by atoms with Crippen LogP contribution in [-0.4, -0.2) is 46.9 Å². The van der Waals surface area contributed by atoms with Gasteiger partial charge in [-0.15, -0.1) is 11.3 Å². The highest BCUT2D eigenvalue weighted by Gasteiger charge is 2.31. The maximum absolute atomic E-state index is 12.8. The summed E-state index contributed by atoms with van der Waals surface area (Å²) in [7, 11) is 0. The monoisotopic (exact) mass is 405 g/mol. The Labute approximate surface area is 174 Å². The SMILES string of the molecule is Cc1nc(N2CCN(c3ccccn3)CC2)nc2c1C(=O)C[C@@H](c1cccs1)C2. The number of Topliss-reactive ketones (excluding diaryl/α,β-unsaturated/α-hetero) is 1. The van der Waals surface area contributed by atoms with Crippen molar-refractivity contribution in [3.05, 3.63) is 63.7 Å². The third-order valence-electron chi connectivity index (χ3n) is 5.78. The van der Waals surface area contributed by atoms with Gasteiger partial charge in [-0.2, -0.15) is 0 Å². The minimum absolute atomic E-state index is 0.175. The number of piperazine rings is 1. The molecule has 4 heterocycles. The number of carbonyl (C=O) groups excluding carboxylic acids is 1. The number of hydrogen-bond acceptors (Lipinski definition) is 7. The second-order valence-corrected chi connectivity index (χ2v) is 8.62. The minimum atomic E-state index is 0.175. The Morgan fingerprint density at radius 3 is 2.55 bits per heavy atom. The van der Waals surface area contributed by atoms with Crippen molar-refractivity contribution in [3.63, 3.8) is 0 Å². The van der Waals surface area contributed by atoms with Crippen molar-refractivity contribution in [3.8, 4) is 0 Å². The van der Waals surface area contributed by atoms with Crippen LogP contribution in [0.2, 0.25) is 0 Å². The first-order valence-corrected chi connectivity index (χ1v) is 10.9. The van der Waals surface area contributed by atoms with Crippen LogP contribution in [0.15, 0.2) is 41.9 Å². The summed E-state index contributed by atoms with van der Waals surface area (Å²) < 4.78 is 0. The second-order valence-electron chi connectivity index (χ2n) is 7.64. The van der Waals surface area contributed by atoms with Gasteiger partial charge >= 0.3 is 0 Å². The van der Waals surface area contributed by atoms with Crippen LogP contribution in [0, 0.1) is 6.92 Å². The van der Waals surface area contributed by atoms with Crippen LogP contribution >= 0.6 is 11.3 Å². The van der Waals surface area contributed by atoms with Crippen LogP contribution in [0.1, 0.15) is 39.0 Å². The fourth-order valence-corrected chi connectivity index (χ4v) is 5.13. The number of nitrogens with zero attached hydrogens (tertiary/aromatic N) is 5. The number of carbonyl (C=O) groups is 1. The molecule has 3 aromatic heterocycles. The molecule has 0 spiro atoms. The molecule has 0 amide bonds. The molecular weight excluding hydrogens is 382 g/mol. The fourth-order valence-electron chi connectivity index (χ4n) is 4.30. The topological polar surface area (TPSA) is 62.2 Å². The van der Waals surface area contributed by atoms with Crippen molar-refractivity contribution in [2.24, 2.45) is 0 Å². The van der Waals surface area contributed by atoms with E-state index < -0.39 is 0 Å². The molecule has 6 nitrogen and oxygen atoms in total. The molecule has 148 valence electrons. The number of rotatable bonds is 3. The van der Waals surface area contributed by atoms with Gasteiger partial charge in [0.2, 0.25) is 5.95 Å². The quantitative estimate of drug-likeness (QED) is 0.665. The van der Waals surface area contributed by atoms with Crippen molar-refractivity contribution >= 4 is 28.9 Å². The van der Waals surface area contributed by atoms with E-state index in [1.54, 1.807) is 11.3 Å². The van der Waals surface area contributed by atoms with E-state index >= 15 is 0 Å². The van der Waals surface area contributed by atoms with Crippen LogP contribution in [0.4, 0.5) is 11.8 Å². The Hall–Kier alpha value is -2.80. The highest BCUT2D eigenvalue weighted by molar-refractivity contribution is 7.10. The molecule has 0 bridgehead atoms. The van der Waals surface area contributed by atoms with Crippen molar-refractivity contribution in [1.82, 2.24) is 15.0 Å². The van der Waals surface area contributed by atoms with Crippen molar-refractivity contribution in [2.75, 3.05) is 36.0 Å². The summed E-state index contributed by atoms with van der Waals surface area (Å²) >= 11 is 1.72. The molecule has 0 N–H and O–H groups in total. The minimum Gasteiger partial charge on any atom is -0.353 e. The van der Waals surface area contributed by atoms with Crippen LogP contribution in [0.3, 0.4) is 0 Å². The Bertz CT molecular complexity index is 1010. The van der Waals surface area contributed by atoms with Crippen molar-refractivity contribution < 1.29 is 4.79 Å². The van der Waals surface area contributed by atoms with Gasteiger partial charge in [0.1, 0.15) is 5.82 Å². The van der Waals surface area contributed by atoms with Crippen LogP contribution in [-0.2, 0) is 6.42 Å². The normalized spacial score (nSPS) is 19.3. The molecule has 0 aromatic carbocycles. The molecular formula is C22H23N5OS. The highest BCUT2D eigenvalue weighted by atomic mass is 32.1. The Balaban J connectivity index is 1.37. The van der Waals surface area contributed by atoms with Gasteiger partial charge in [-0.1, -0.05) is 12.1 Å². The maximum atomic E-state index is 12.8. The molecule has 5 rings (SSSR count).